The average molecular weight is 458 g/mol. The van der Waals surface area contributed by atoms with E-state index in [9.17, 15) is 9.59 Å². The fourth-order valence-electron chi connectivity index (χ4n) is 3.42. The number of amides is 1. The number of thioether (sulfide) groups is 1. The minimum atomic E-state index is -0.520. The van der Waals surface area contributed by atoms with Gasteiger partial charge in [0.15, 0.2) is 18.1 Å². The second-order valence-corrected chi connectivity index (χ2v) is 8.08. The van der Waals surface area contributed by atoms with Crippen molar-refractivity contribution in [3.05, 3.63) is 40.7 Å². The normalized spacial score (nSPS) is 13.2. The molecule has 4 rings (SSSR count). The van der Waals surface area contributed by atoms with E-state index < -0.39 is 11.9 Å². The Morgan fingerprint density at radius 3 is 2.81 bits per heavy atom. The molecule has 1 N–H and O–H groups in total. The number of fused-ring (bicyclic) bond motifs is 2. The third-order valence-electron chi connectivity index (χ3n) is 5.17. The van der Waals surface area contributed by atoms with Crippen LogP contribution in [0.15, 0.2) is 23.4 Å². The molecule has 10 nitrogen and oxygen atoms in total. The first-order chi connectivity index (χ1) is 15.4. The van der Waals surface area contributed by atoms with Crippen LogP contribution in [0.2, 0.25) is 0 Å². The first-order valence-electron chi connectivity index (χ1n) is 9.97. The Labute approximate surface area is 188 Å². The largest absolute Gasteiger partial charge is 0.455 e. The molecule has 3 heterocycles. The van der Waals surface area contributed by atoms with Gasteiger partial charge in [0.05, 0.1) is 12.5 Å². The topological polar surface area (TPSA) is 117 Å². The molecule has 11 heteroatoms. The lowest BCUT2D eigenvalue weighted by atomic mass is 10.1. The molecule has 0 saturated carbocycles. The number of hydrogen-bond acceptors (Lipinski definition) is 9. The summed E-state index contributed by atoms with van der Waals surface area (Å²) in [6, 6.07) is 5.18. The van der Waals surface area contributed by atoms with Crippen LogP contribution in [-0.2, 0) is 20.7 Å². The van der Waals surface area contributed by atoms with Gasteiger partial charge in [0.25, 0.3) is 11.7 Å². The molecule has 0 radical (unpaired) electrons. The third kappa shape index (κ3) is 4.47. The highest BCUT2D eigenvalue weighted by atomic mass is 32.2. The number of hydrogen-bond donors (Lipinski definition) is 1. The number of nitrogens with one attached hydrogen (secondary N) is 1. The summed E-state index contributed by atoms with van der Waals surface area (Å²) >= 11 is 1.42. The first-order valence-corrected chi connectivity index (χ1v) is 11.2. The molecule has 0 aliphatic carbocycles. The lowest BCUT2D eigenvalue weighted by Gasteiger charge is -2.15. The van der Waals surface area contributed by atoms with E-state index in [1.165, 1.54) is 11.8 Å². The van der Waals surface area contributed by atoms with Gasteiger partial charge in [0, 0.05) is 17.0 Å². The van der Waals surface area contributed by atoms with Crippen molar-refractivity contribution in [1.29, 1.82) is 0 Å². The lowest BCUT2D eigenvalue weighted by Crippen LogP contribution is -2.31. The number of rotatable bonds is 7. The molecule has 0 saturated heterocycles. The summed E-state index contributed by atoms with van der Waals surface area (Å²) in [6.45, 7) is 5.31. The quantitative estimate of drug-likeness (QED) is 0.421. The zero-order valence-corrected chi connectivity index (χ0v) is 19.0. The number of aromatic nitrogens is 4. The summed E-state index contributed by atoms with van der Waals surface area (Å²) in [5.74, 6) is 0.886. The second kappa shape index (κ2) is 9.03. The van der Waals surface area contributed by atoms with Gasteiger partial charge in [-0.1, -0.05) is 17.8 Å². The van der Waals surface area contributed by atoms with Gasteiger partial charge in [-0.2, -0.15) is 4.98 Å². The number of nitrogens with zero attached hydrogens (tertiary/aromatic N) is 4. The SMILES string of the molecule is CSc1nc2nc(C)c(CC(=O)OCC(=O)N[C@H](C)c3ccc4c(c3)OCO4)c(C)n2n1. The van der Waals surface area contributed by atoms with E-state index in [-0.39, 0.29) is 25.9 Å². The lowest BCUT2D eigenvalue weighted by molar-refractivity contribution is -0.148. The molecule has 168 valence electrons. The molecule has 0 fully saturated rings. The minimum absolute atomic E-state index is 0.0138. The highest BCUT2D eigenvalue weighted by Gasteiger charge is 2.19. The summed E-state index contributed by atoms with van der Waals surface area (Å²) < 4.78 is 17.5. The van der Waals surface area contributed by atoms with Crippen LogP contribution < -0.4 is 14.8 Å². The van der Waals surface area contributed by atoms with E-state index in [0.29, 0.717) is 33.7 Å². The van der Waals surface area contributed by atoms with E-state index in [0.717, 1.165) is 11.3 Å². The number of ether oxygens (including phenoxy) is 3. The predicted octanol–water partition coefficient (Wildman–Crippen LogP) is 2.15. The van der Waals surface area contributed by atoms with E-state index in [1.54, 1.807) is 10.6 Å². The monoisotopic (exact) mass is 457 g/mol. The van der Waals surface area contributed by atoms with Crippen molar-refractivity contribution in [3.8, 4) is 11.5 Å². The van der Waals surface area contributed by atoms with E-state index in [4.69, 9.17) is 14.2 Å². The maximum Gasteiger partial charge on any atom is 0.310 e. The molecule has 1 amide bonds. The molecule has 0 unspecified atom stereocenters. The Bertz CT molecular complexity index is 1200. The minimum Gasteiger partial charge on any atom is -0.455 e. The van der Waals surface area contributed by atoms with Gasteiger partial charge in [-0.3, -0.25) is 9.59 Å². The summed E-state index contributed by atoms with van der Waals surface area (Å²) in [7, 11) is 0. The number of benzene rings is 1. The molecule has 32 heavy (non-hydrogen) atoms. The number of carbonyl (C=O) groups is 2. The van der Waals surface area contributed by atoms with Crippen molar-refractivity contribution >= 4 is 29.4 Å². The summed E-state index contributed by atoms with van der Waals surface area (Å²) in [6.07, 6.45) is 1.87. The van der Waals surface area contributed by atoms with Gasteiger partial charge in [0.1, 0.15) is 0 Å². The highest BCUT2D eigenvalue weighted by Crippen LogP contribution is 2.34. The Kier molecular flexibility index (Phi) is 6.17. The zero-order valence-electron chi connectivity index (χ0n) is 18.2. The zero-order chi connectivity index (χ0) is 22.8. The van der Waals surface area contributed by atoms with E-state index in [2.05, 4.69) is 20.4 Å². The Morgan fingerprint density at radius 2 is 2.03 bits per heavy atom. The maximum absolute atomic E-state index is 12.4. The molecule has 1 aliphatic rings. The van der Waals surface area contributed by atoms with Crippen LogP contribution in [0.5, 0.6) is 11.5 Å². The molecule has 1 aromatic carbocycles. The van der Waals surface area contributed by atoms with Crippen LogP contribution in [0.25, 0.3) is 5.78 Å². The summed E-state index contributed by atoms with van der Waals surface area (Å²) in [5, 5.41) is 7.79. The molecule has 0 bridgehead atoms. The molecule has 0 spiro atoms. The first kappa shape index (κ1) is 21.9. The molecular formula is C21H23N5O5S. The summed E-state index contributed by atoms with van der Waals surface area (Å²) in [4.78, 5) is 33.4. The Hall–Kier alpha value is -3.34. The fraction of sp³-hybridized carbons (Fsp3) is 0.381. The van der Waals surface area contributed by atoms with Crippen LogP contribution in [0.3, 0.4) is 0 Å². The van der Waals surface area contributed by atoms with E-state index >= 15 is 0 Å². The molecule has 1 aliphatic heterocycles. The number of carbonyl (C=O) groups excluding carboxylic acids is 2. The van der Waals surface area contributed by atoms with Gasteiger partial charge in [-0.15, -0.1) is 5.10 Å². The second-order valence-electron chi connectivity index (χ2n) is 7.31. The standard InChI is InChI=1S/C21H23N5O5S/c1-11(14-5-6-16-17(7-14)31-10-30-16)22-18(27)9-29-19(28)8-15-12(2)23-20-24-21(32-4)25-26(20)13(15)3/h5-7,11H,8-10H2,1-4H3,(H,22,27)/t11-/m1/s1. The molecule has 3 aromatic rings. The van der Waals surface area contributed by atoms with Crippen LogP contribution in [0.4, 0.5) is 0 Å². The van der Waals surface area contributed by atoms with Crippen molar-refractivity contribution in [3.63, 3.8) is 0 Å². The summed E-state index contributed by atoms with van der Waals surface area (Å²) in [5.41, 5.74) is 3.00. The van der Waals surface area contributed by atoms with Crippen molar-refractivity contribution in [2.45, 2.75) is 38.4 Å². The Morgan fingerprint density at radius 1 is 1.25 bits per heavy atom. The highest BCUT2D eigenvalue weighted by molar-refractivity contribution is 7.98. The van der Waals surface area contributed by atoms with Gasteiger partial charge >= 0.3 is 5.97 Å². The van der Waals surface area contributed by atoms with Gasteiger partial charge in [0.2, 0.25) is 11.9 Å². The third-order valence-corrected chi connectivity index (χ3v) is 5.71. The van der Waals surface area contributed by atoms with Gasteiger partial charge in [-0.25, -0.2) is 9.50 Å². The van der Waals surface area contributed by atoms with E-state index in [1.807, 2.05) is 39.2 Å². The fourth-order valence-corrected chi connectivity index (χ4v) is 3.76. The number of esters is 1. The van der Waals surface area contributed by atoms with Crippen LogP contribution in [0.1, 0.15) is 35.5 Å². The van der Waals surface area contributed by atoms with Crippen LogP contribution in [0, 0.1) is 13.8 Å². The maximum atomic E-state index is 12.4. The smallest absolute Gasteiger partial charge is 0.310 e. The van der Waals surface area contributed by atoms with Gasteiger partial charge in [-0.05, 0) is 44.7 Å². The van der Waals surface area contributed by atoms with Crippen LogP contribution >= 0.6 is 11.8 Å². The van der Waals surface area contributed by atoms with Crippen LogP contribution in [-0.4, -0.2) is 51.1 Å². The Balaban J connectivity index is 1.34. The van der Waals surface area contributed by atoms with Crippen molar-refractivity contribution in [2.24, 2.45) is 0 Å². The average Bonchev–Trinajstić information content (AvgIpc) is 3.41. The predicted molar refractivity (Wildman–Crippen MR) is 116 cm³/mol. The van der Waals surface area contributed by atoms with Gasteiger partial charge < -0.3 is 19.5 Å². The number of aryl methyl sites for hydroxylation is 2. The molecular weight excluding hydrogens is 434 g/mol. The van der Waals surface area contributed by atoms with Crippen molar-refractivity contribution in [2.75, 3.05) is 19.7 Å². The molecule has 1 atom stereocenters. The van der Waals surface area contributed by atoms with Crippen molar-refractivity contribution < 1.29 is 23.8 Å². The van der Waals surface area contributed by atoms with Crippen molar-refractivity contribution in [1.82, 2.24) is 24.9 Å². The molecule has 2 aromatic heterocycles.